The van der Waals surface area contributed by atoms with Gasteiger partial charge in [-0.25, -0.2) is 14.4 Å². The number of likely N-dealkylation sites (N-methyl/N-ethyl adjacent to an activating group) is 1. The number of likely N-dealkylation sites (tertiary alicyclic amines) is 1. The molecule has 6 nitrogen and oxygen atoms in total. The number of pyridine rings is 2. The summed E-state index contributed by atoms with van der Waals surface area (Å²) in [6.07, 6.45) is 4.71. The van der Waals surface area contributed by atoms with E-state index in [1.54, 1.807) is 24.5 Å². The van der Waals surface area contributed by atoms with Gasteiger partial charge in [0.2, 0.25) is 0 Å². The summed E-state index contributed by atoms with van der Waals surface area (Å²) < 4.78 is 15.5. The Morgan fingerprint density at radius 2 is 1.70 bits per heavy atom. The Balaban J connectivity index is 1.52. The highest BCUT2D eigenvalue weighted by molar-refractivity contribution is 5.81. The van der Waals surface area contributed by atoms with E-state index in [1.807, 2.05) is 22.8 Å². The van der Waals surface area contributed by atoms with Gasteiger partial charge in [-0.15, -0.1) is 0 Å². The molecule has 0 radical (unpaired) electrons. The highest BCUT2D eigenvalue weighted by Gasteiger charge is 2.42. The van der Waals surface area contributed by atoms with Crippen molar-refractivity contribution in [1.82, 2.24) is 24.4 Å². The number of hydrogen-bond acceptors (Lipinski definition) is 5. The van der Waals surface area contributed by atoms with Crippen molar-refractivity contribution in [2.75, 3.05) is 25.0 Å². The summed E-state index contributed by atoms with van der Waals surface area (Å²) in [5.74, 6) is 1.47. The van der Waals surface area contributed by atoms with Crippen molar-refractivity contribution in [3.8, 4) is 17.1 Å². The third-order valence-electron chi connectivity index (χ3n) is 6.32. The molecule has 1 aromatic carbocycles. The Kier molecular flexibility index (Phi) is 3.86. The molecule has 150 valence electrons. The van der Waals surface area contributed by atoms with Crippen LogP contribution in [0.5, 0.6) is 0 Å². The van der Waals surface area contributed by atoms with E-state index in [1.165, 1.54) is 18.6 Å². The van der Waals surface area contributed by atoms with Crippen LogP contribution in [-0.4, -0.2) is 56.6 Å². The summed E-state index contributed by atoms with van der Waals surface area (Å²) in [7, 11) is 2.20. The molecule has 2 aliphatic rings. The first-order valence-electron chi connectivity index (χ1n) is 10.2. The first-order valence-corrected chi connectivity index (χ1v) is 10.2. The zero-order valence-corrected chi connectivity index (χ0v) is 16.6. The molecule has 30 heavy (non-hydrogen) atoms. The van der Waals surface area contributed by atoms with Crippen LogP contribution in [0.15, 0.2) is 60.9 Å². The Labute approximate surface area is 173 Å². The maximum absolute atomic E-state index is 13.5. The summed E-state index contributed by atoms with van der Waals surface area (Å²) in [5, 5.41) is 0. The van der Waals surface area contributed by atoms with Gasteiger partial charge in [-0.2, -0.15) is 0 Å². The molecule has 0 aliphatic carbocycles. The Morgan fingerprint density at radius 1 is 0.900 bits per heavy atom. The highest BCUT2D eigenvalue weighted by Crippen LogP contribution is 2.34. The minimum Gasteiger partial charge on any atom is -0.351 e. The number of halogens is 1. The van der Waals surface area contributed by atoms with Gasteiger partial charge >= 0.3 is 0 Å². The standard InChI is InChI=1S/C23H21FN6/c1-28-13-19-12-18(28)14-29(19)21-7-6-20-23(27-21)30(17-8-10-25-11-9-17)22(26-20)15-2-4-16(24)5-3-15/h2-11,18-19H,12-14H2,1H3. The van der Waals surface area contributed by atoms with Crippen molar-refractivity contribution >= 4 is 17.0 Å². The molecular weight excluding hydrogens is 379 g/mol. The highest BCUT2D eigenvalue weighted by atomic mass is 19.1. The van der Waals surface area contributed by atoms with Gasteiger partial charge < -0.3 is 4.90 Å². The molecule has 6 rings (SSSR count). The van der Waals surface area contributed by atoms with Gasteiger partial charge in [-0.05, 0) is 62.0 Å². The Morgan fingerprint density at radius 3 is 2.40 bits per heavy atom. The first kappa shape index (κ1) is 17.5. The minimum absolute atomic E-state index is 0.264. The van der Waals surface area contributed by atoms with Crippen LogP contribution in [0.3, 0.4) is 0 Å². The van der Waals surface area contributed by atoms with Crippen LogP contribution in [0, 0.1) is 5.82 Å². The topological polar surface area (TPSA) is 50.1 Å². The number of fused-ring (bicyclic) bond motifs is 3. The zero-order valence-electron chi connectivity index (χ0n) is 16.6. The summed E-state index contributed by atoms with van der Waals surface area (Å²) in [4.78, 5) is 18.9. The van der Waals surface area contributed by atoms with E-state index in [-0.39, 0.29) is 5.82 Å². The Hall–Kier alpha value is -3.32. The molecule has 2 aliphatic heterocycles. The van der Waals surface area contributed by atoms with Crippen molar-refractivity contribution in [3.63, 3.8) is 0 Å². The van der Waals surface area contributed by atoms with Gasteiger partial charge in [0.05, 0.1) is 5.69 Å². The Bertz CT molecular complexity index is 1220. The molecule has 2 fully saturated rings. The average Bonchev–Trinajstić information content (AvgIpc) is 3.46. The molecule has 0 saturated carbocycles. The third-order valence-corrected chi connectivity index (χ3v) is 6.32. The van der Waals surface area contributed by atoms with Gasteiger partial charge in [-0.1, -0.05) is 0 Å². The van der Waals surface area contributed by atoms with E-state index in [0.717, 1.165) is 47.1 Å². The monoisotopic (exact) mass is 400 g/mol. The smallest absolute Gasteiger partial charge is 0.167 e. The number of rotatable bonds is 3. The van der Waals surface area contributed by atoms with Crippen LogP contribution >= 0.6 is 0 Å². The molecule has 5 heterocycles. The fourth-order valence-electron chi connectivity index (χ4n) is 4.78. The lowest BCUT2D eigenvalue weighted by atomic mass is 10.2. The number of imidazole rings is 1. The van der Waals surface area contributed by atoms with E-state index < -0.39 is 0 Å². The zero-order chi connectivity index (χ0) is 20.2. The van der Waals surface area contributed by atoms with Crippen LogP contribution in [0.2, 0.25) is 0 Å². The van der Waals surface area contributed by atoms with Crippen molar-refractivity contribution in [3.05, 3.63) is 66.7 Å². The first-order chi connectivity index (χ1) is 14.7. The summed E-state index contributed by atoms with van der Waals surface area (Å²) in [6.45, 7) is 2.09. The summed E-state index contributed by atoms with van der Waals surface area (Å²) >= 11 is 0. The fraction of sp³-hybridized carbons (Fsp3) is 0.261. The van der Waals surface area contributed by atoms with E-state index in [0.29, 0.717) is 12.1 Å². The molecule has 7 heteroatoms. The lowest BCUT2D eigenvalue weighted by Gasteiger charge is -2.32. The molecule has 0 amide bonds. The molecule has 2 bridgehead atoms. The van der Waals surface area contributed by atoms with Crippen molar-refractivity contribution < 1.29 is 4.39 Å². The maximum Gasteiger partial charge on any atom is 0.167 e. The lowest BCUT2D eigenvalue weighted by Crippen LogP contribution is -2.44. The van der Waals surface area contributed by atoms with E-state index in [2.05, 4.69) is 27.9 Å². The fourth-order valence-corrected chi connectivity index (χ4v) is 4.78. The number of anilines is 1. The van der Waals surface area contributed by atoms with Gasteiger partial charge in [0, 0.05) is 43.1 Å². The molecule has 0 N–H and O–H groups in total. The van der Waals surface area contributed by atoms with Crippen LogP contribution < -0.4 is 4.90 Å². The predicted molar refractivity (Wildman–Crippen MR) is 114 cm³/mol. The van der Waals surface area contributed by atoms with Crippen LogP contribution in [0.1, 0.15) is 6.42 Å². The third kappa shape index (κ3) is 2.69. The predicted octanol–water partition coefficient (Wildman–Crippen LogP) is 3.51. The van der Waals surface area contributed by atoms with Crippen LogP contribution in [0.25, 0.3) is 28.2 Å². The van der Waals surface area contributed by atoms with E-state index in [4.69, 9.17) is 9.97 Å². The van der Waals surface area contributed by atoms with Gasteiger partial charge in [0.1, 0.15) is 23.0 Å². The number of hydrogen-bond donors (Lipinski definition) is 0. The van der Waals surface area contributed by atoms with Crippen LogP contribution in [0.4, 0.5) is 10.2 Å². The van der Waals surface area contributed by atoms with Gasteiger partial charge in [-0.3, -0.25) is 14.5 Å². The average molecular weight is 400 g/mol. The quantitative estimate of drug-likeness (QED) is 0.527. The molecule has 2 atom stereocenters. The number of piperazine rings is 1. The molecule has 3 aromatic heterocycles. The second kappa shape index (κ2) is 6.60. The lowest BCUT2D eigenvalue weighted by molar-refractivity contribution is 0.292. The normalized spacial score (nSPS) is 21.1. The molecule has 2 saturated heterocycles. The molecular formula is C23H21FN6. The molecule has 0 spiro atoms. The van der Waals surface area contributed by atoms with Gasteiger partial charge in [0.25, 0.3) is 0 Å². The number of nitrogens with zero attached hydrogens (tertiary/aromatic N) is 6. The number of benzene rings is 1. The van der Waals surface area contributed by atoms with Crippen LogP contribution in [-0.2, 0) is 0 Å². The molecule has 4 aromatic rings. The second-order valence-corrected chi connectivity index (χ2v) is 8.13. The number of aromatic nitrogens is 4. The van der Waals surface area contributed by atoms with Crippen molar-refractivity contribution in [1.29, 1.82) is 0 Å². The second-order valence-electron chi connectivity index (χ2n) is 8.13. The molecule has 2 unspecified atom stereocenters. The van der Waals surface area contributed by atoms with Gasteiger partial charge in [0.15, 0.2) is 5.65 Å². The summed E-state index contributed by atoms with van der Waals surface area (Å²) in [6, 6.07) is 15.5. The minimum atomic E-state index is -0.264. The summed E-state index contributed by atoms with van der Waals surface area (Å²) in [5.41, 5.74) is 3.39. The van der Waals surface area contributed by atoms with E-state index >= 15 is 0 Å². The van der Waals surface area contributed by atoms with E-state index in [9.17, 15) is 4.39 Å². The SMILES string of the molecule is CN1CC2CC1CN2c1ccc2nc(-c3ccc(F)cc3)n(-c3ccncc3)c2n1. The van der Waals surface area contributed by atoms with Crippen molar-refractivity contribution in [2.45, 2.75) is 18.5 Å². The maximum atomic E-state index is 13.5. The largest absolute Gasteiger partial charge is 0.351 e. The van der Waals surface area contributed by atoms with Crippen molar-refractivity contribution in [2.24, 2.45) is 0 Å².